The summed E-state index contributed by atoms with van der Waals surface area (Å²) in [6, 6.07) is 16.6. The second-order valence-electron chi connectivity index (χ2n) is 6.72. The van der Waals surface area contributed by atoms with E-state index in [2.05, 4.69) is 24.1 Å². The lowest BCUT2D eigenvalue weighted by Crippen LogP contribution is -2.31. The Hall–Kier alpha value is -2.57. The van der Waals surface area contributed by atoms with Gasteiger partial charge < -0.3 is 10.2 Å². The first-order chi connectivity index (χ1) is 13.7. The number of rotatable bonds is 10. The predicted octanol–water partition coefficient (Wildman–Crippen LogP) is 3.56. The zero-order valence-corrected chi connectivity index (χ0v) is 16.6. The SMILES string of the molecule is CCN(CC)CCNCc1nn(Cc2ccc(F)cc2)nc1-c1ccccc1. The van der Waals surface area contributed by atoms with Crippen molar-refractivity contribution in [2.24, 2.45) is 0 Å². The van der Waals surface area contributed by atoms with Crippen LogP contribution in [0.15, 0.2) is 54.6 Å². The second-order valence-corrected chi connectivity index (χ2v) is 6.72. The maximum absolute atomic E-state index is 13.1. The first-order valence-electron chi connectivity index (χ1n) is 9.86. The molecule has 0 saturated carbocycles. The minimum Gasteiger partial charge on any atom is -0.310 e. The van der Waals surface area contributed by atoms with E-state index < -0.39 is 0 Å². The average Bonchev–Trinajstić information content (AvgIpc) is 3.13. The van der Waals surface area contributed by atoms with E-state index in [4.69, 9.17) is 10.2 Å². The van der Waals surface area contributed by atoms with E-state index in [1.165, 1.54) is 12.1 Å². The van der Waals surface area contributed by atoms with Crippen LogP contribution in [0.25, 0.3) is 11.3 Å². The standard InChI is InChI=1S/C22H28FN5/c1-3-27(4-2)15-14-24-16-21-22(19-8-6-5-7-9-19)26-28(25-21)17-18-10-12-20(23)13-11-18/h5-13,24H,3-4,14-17H2,1-2H3. The number of hydrogen-bond acceptors (Lipinski definition) is 4. The first-order valence-corrected chi connectivity index (χ1v) is 9.86. The lowest BCUT2D eigenvalue weighted by molar-refractivity contribution is 0.302. The molecule has 0 spiro atoms. The maximum Gasteiger partial charge on any atom is 0.123 e. The lowest BCUT2D eigenvalue weighted by Gasteiger charge is -2.17. The topological polar surface area (TPSA) is 46.0 Å². The highest BCUT2D eigenvalue weighted by Gasteiger charge is 2.13. The van der Waals surface area contributed by atoms with Crippen molar-refractivity contribution < 1.29 is 4.39 Å². The fraction of sp³-hybridized carbons (Fsp3) is 0.364. The van der Waals surface area contributed by atoms with E-state index >= 15 is 0 Å². The monoisotopic (exact) mass is 381 g/mol. The molecule has 5 nitrogen and oxygen atoms in total. The Labute approximate surface area is 166 Å². The molecule has 0 aliphatic carbocycles. The third-order valence-corrected chi connectivity index (χ3v) is 4.80. The van der Waals surface area contributed by atoms with Crippen molar-refractivity contribution in [2.75, 3.05) is 26.2 Å². The van der Waals surface area contributed by atoms with Crippen LogP contribution in [0.5, 0.6) is 0 Å². The molecular weight excluding hydrogens is 353 g/mol. The number of likely N-dealkylation sites (N-methyl/N-ethyl adjacent to an activating group) is 1. The Balaban J connectivity index is 1.73. The highest BCUT2D eigenvalue weighted by Crippen LogP contribution is 2.20. The van der Waals surface area contributed by atoms with Gasteiger partial charge in [-0.1, -0.05) is 56.3 Å². The van der Waals surface area contributed by atoms with E-state index in [1.807, 2.05) is 30.3 Å². The zero-order chi connectivity index (χ0) is 19.8. The molecule has 0 bridgehead atoms. The highest BCUT2D eigenvalue weighted by molar-refractivity contribution is 5.60. The Morgan fingerprint density at radius 1 is 0.964 bits per heavy atom. The Morgan fingerprint density at radius 2 is 1.68 bits per heavy atom. The van der Waals surface area contributed by atoms with E-state index in [0.29, 0.717) is 13.1 Å². The van der Waals surface area contributed by atoms with Crippen molar-refractivity contribution in [3.05, 3.63) is 71.7 Å². The second kappa shape index (κ2) is 10.1. The fourth-order valence-electron chi connectivity index (χ4n) is 3.13. The molecule has 1 aromatic heterocycles. The van der Waals surface area contributed by atoms with Crippen molar-refractivity contribution in [3.63, 3.8) is 0 Å². The molecule has 3 aromatic rings. The first kappa shape index (κ1) is 20.2. The van der Waals surface area contributed by atoms with Crippen LogP contribution in [-0.4, -0.2) is 46.1 Å². The summed E-state index contributed by atoms with van der Waals surface area (Å²) >= 11 is 0. The number of nitrogens with one attached hydrogen (secondary N) is 1. The van der Waals surface area contributed by atoms with Crippen LogP contribution in [0, 0.1) is 5.82 Å². The smallest absolute Gasteiger partial charge is 0.123 e. The van der Waals surface area contributed by atoms with Gasteiger partial charge >= 0.3 is 0 Å². The van der Waals surface area contributed by atoms with Crippen molar-refractivity contribution in [2.45, 2.75) is 26.9 Å². The van der Waals surface area contributed by atoms with Gasteiger partial charge in [0.05, 0.1) is 6.54 Å². The number of halogens is 1. The molecular formula is C22H28FN5. The average molecular weight is 381 g/mol. The molecule has 148 valence electrons. The summed E-state index contributed by atoms with van der Waals surface area (Å²) in [5.41, 5.74) is 3.83. The minimum absolute atomic E-state index is 0.236. The zero-order valence-electron chi connectivity index (χ0n) is 16.6. The largest absolute Gasteiger partial charge is 0.310 e. The van der Waals surface area contributed by atoms with Crippen molar-refractivity contribution in [3.8, 4) is 11.3 Å². The molecule has 28 heavy (non-hydrogen) atoms. The molecule has 0 aliphatic rings. The van der Waals surface area contributed by atoms with Crippen molar-refractivity contribution >= 4 is 0 Å². The summed E-state index contributed by atoms with van der Waals surface area (Å²) in [6.45, 7) is 9.56. The summed E-state index contributed by atoms with van der Waals surface area (Å²) < 4.78 is 13.1. The van der Waals surface area contributed by atoms with Gasteiger partial charge in [0.1, 0.15) is 17.2 Å². The van der Waals surface area contributed by atoms with E-state index in [-0.39, 0.29) is 5.82 Å². The molecule has 0 saturated heterocycles. The third-order valence-electron chi connectivity index (χ3n) is 4.80. The minimum atomic E-state index is -0.236. The normalized spacial score (nSPS) is 11.3. The summed E-state index contributed by atoms with van der Waals surface area (Å²) in [5, 5.41) is 12.9. The molecule has 0 aliphatic heterocycles. The van der Waals surface area contributed by atoms with Crippen LogP contribution in [0.1, 0.15) is 25.1 Å². The number of aromatic nitrogens is 3. The van der Waals surface area contributed by atoms with Gasteiger partial charge in [0.15, 0.2) is 0 Å². The maximum atomic E-state index is 13.1. The molecule has 3 rings (SSSR count). The van der Waals surface area contributed by atoms with Gasteiger partial charge in [-0.05, 0) is 30.8 Å². The summed E-state index contributed by atoms with van der Waals surface area (Å²) in [6.07, 6.45) is 0. The number of nitrogens with zero attached hydrogens (tertiary/aromatic N) is 4. The van der Waals surface area contributed by atoms with Crippen LogP contribution in [0.2, 0.25) is 0 Å². The number of hydrogen-bond donors (Lipinski definition) is 1. The Kier molecular flexibility index (Phi) is 7.28. The molecule has 0 unspecified atom stereocenters. The lowest BCUT2D eigenvalue weighted by atomic mass is 10.1. The van der Waals surface area contributed by atoms with E-state index in [9.17, 15) is 4.39 Å². The molecule has 0 amide bonds. The van der Waals surface area contributed by atoms with Crippen molar-refractivity contribution in [1.82, 2.24) is 25.2 Å². The fourth-order valence-corrected chi connectivity index (χ4v) is 3.13. The van der Waals surface area contributed by atoms with Gasteiger partial charge in [0.25, 0.3) is 0 Å². The molecule has 1 N–H and O–H groups in total. The van der Waals surface area contributed by atoms with Gasteiger partial charge in [0, 0.05) is 25.2 Å². The molecule has 2 aromatic carbocycles. The molecule has 0 atom stereocenters. The van der Waals surface area contributed by atoms with E-state index in [1.54, 1.807) is 16.9 Å². The Bertz CT molecular complexity index is 841. The van der Waals surface area contributed by atoms with Crippen LogP contribution >= 0.6 is 0 Å². The third kappa shape index (κ3) is 5.47. The van der Waals surface area contributed by atoms with Crippen molar-refractivity contribution in [1.29, 1.82) is 0 Å². The van der Waals surface area contributed by atoms with Gasteiger partial charge in [0.2, 0.25) is 0 Å². The van der Waals surface area contributed by atoms with Crippen LogP contribution in [0.4, 0.5) is 4.39 Å². The highest BCUT2D eigenvalue weighted by atomic mass is 19.1. The van der Waals surface area contributed by atoms with Gasteiger partial charge in [-0.3, -0.25) is 0 Å². The number of benzene rings is 2. The van der Waals surface area contributed by atoms with E-state index in [0.717, 1.165) is 48.7 Å². The van der Waals surface area contributed by atoms with Crippen LogP contribution in [-0.2, 0) is 13.1 Å². The summed E-state index contributed by atoms with van der Waals surface area (Å²) in [4.78, 5) is 4.08. The van der Waals surface area contributed by atoms with Gasteiger partial charge in [-0.25, -0.2) is 4.39 Å². The summed E-state index contributed by atoms with van der Waals surface area (Å²) in [5.74, 6) is -0.236. The molecule has 0 fully saturated rings. The molecule has 6 heteroatoms. The summed E-state index contributed by atoms with van der Waals surface area (Å²) in [7, 11) is 0. The van der Waals surface area contributed by atoms with Gasteiger partial charge in [-0.2, -0.15) is 15.0 Å². The van der Waals surface area contributed by atoms with Crippen LogP contribution in [0.3, 0.4) is 0 Å². The molecule has 1 heterocycles. The van der Waals surface area contributed by atoms with Gasteiger partial charge in [-0.15, -0.1) is 0 Å². The molecule has 0 radical (unpaired) electrons. The quantitative estimate of drug-likeness (QED) is 0.546. The van der Waals surface area contributed by atoms with Crippen LogP contribution < -0.4 is 5.32 Å². The Morgan fingerprint density at radius 3 is 2.36 bits per heavy atom. The predicted molar refractivity (Wildman–Crippen MR) is 110 cm³/mol.